The minimum Gasteiger partial charge on any atom is -0.430 e. The van der Waals surface area contributed by atoms with Crippen molar-refractivity contribution in [3.8, 4) is 0 Å². The molecule has 1 heterocycles. The molecule has 1 fully saturated rings. The highest BCUT2D eigenvalue weighted by atomic mass is 16.7. The Morgan fingerprint density at radius 3 is 2.73 bits per heavy atom. The van der Waals surface area contributed by atoms with Crippen LogP contribution in [0.5, 0.6) is 0 Å². The Bertz CT molecular complexity index is 252. The minimum atomic E-state index is -0.668. The third kappa shape index (κ3) is 4.04. The molecule has 0 bridgehead atoms. The van der Waals surface area contributed by atoms with Crippen LogP contribution >= 0.6 is 0 Å². The lowest BCUT2D eigenvalue weighted by Gasteiger charge is -2.36. The molecule has 1 rings (SSSR count). The standard InChI is InChI=1S/C12H20O3/c1-4-5-6-10(2)9-11(13)15-12(3)7-8-14-12/h9H,4-8H2,1-3H3. The number of rotatable bonds is 5. The Hall–Kier alpha value is -0.830. The van der Waals surface area contributed by atoms with Crippen molar-refractivity contribution in [1.29, 1.82) is 0 Å². The van der Waals surface area contributed by atoms with Crippen LogP contribution in [0.2, 0.25) is 0 Å². The lowest BCUT2D eigenvalue weighted by Crippen LogP contribution is -2.44. The zero-order valence-electron chi connectivity index (χ0n) is 9.84. The van der Waals surface area contributed by atoms with E-state index in [9.17, 15) is 4.79 Å². The van der Waals surface area contributed by atoms with Gasteiger partial charge in [0.15, 0.2) is 0 Å². The summed E-state index contributed by atoms with van der Waals surface area (Å²) in [5, 5.41) is 0. The van der Waals surface area contributed by atoms with Gasteiger partial charge >= 0.3 is 5.97 Å². The van der Waals surface area contributed by atoms with Crippen molar-refractivity contribution in [2.24, 2.45) is 0 Å². The van der Waals surface area contributed by atoms with Gasteiger partial charge in [0.1, 0.15) is 0 Å². The summed E-state index contributed by atoms with van der Waals surface area (Å²) in [6.07, 6.45) is 5.58. The Balaban J connectivity index is 2.33. The van der Waals surface area contributed by atoms with E-state index in [1.807, 2.05) is 6.92 Å². The Morgan fingerprint density at radius 1 is 1.60 bits per heavy atom. The van der Waals surface area contributed by atoms with Gasteiger partial charge in [-0.15, -0.1) is 0 Å². The van der Waals surface area contributed by atoms with Gasteiger partial charge in [0, 0.05) is 19.4 Å². The van der Waals surface area contributed by atoms with Crippen LogP contribution in [-0.2, 0) is 14.3 Å². The number of hydrogen-bond donors (Lipinski definition) is 0. The van der Waals surface area contributed by atoms with Crippen LogP contribution in [0.15, 0.2) is 11.6 Å². The monoisotopic (exact) mass is 212 g/mol. The smallest absolute Gasteiger partial charge is 0.333 e. The van der Waals surface area contributed by atoms with Crippen LogP contribution < -0.4 is 0 Å². The van der Waals surface area contributed by atoms with Crippen molar-refractivity contribution in [3.63, 3.8) is 0 Å². The molecule has 3 nitrogen and oxygen atoms in total. The Labute approximate surface area is 91.4 Å². The van der Waals surface area contributed by atoms with Crippen LogP contribution in [-0.4, -0.2) is 18.4 Å². The van der Waals surface area contributed by atoms with E-state index in [1.165, 1.54) is 0 Å². The van der Waals surface area contributed by atoms with Crippen molar-refractivity contribution in [1.82, 2.24) is 0 Å². The van der Waals surface area contributed by atoms with Crippen LogP contribution in [0.4, 0.5) is 0 Å². The fourth-order valence-corrected chi connectivity index (χ4v) is 1.44. The lowest BCUT2D eigenvalue weighted by atomic mass is 10.1. The summed E-state index contributed by atoms with van der Waals surface area (Å²) in [4.78, 5) is 11.4. The molecule has 0 saturated carbocycles. The third-order valence-electron chi connectivity index (χ3n) is 2.57. The normalized spacial score (nSPS) is 25.9. The number of ether oxygens (including phenoxy) is 2. The molecule has 1 atom stereocenters. The molecule has 1 saturated heterocycles. The highest BCUT2D eigenvalue weighted by Gasteiger charge is 2.36. The summed E-state index contributed by atoms with van der Waals surface area (Å²) in [6, 6.07) is 0. The average molecular weight is 212 g/mol. The summed E-state index contributed by atoms with van der Waals surface area (Å²) >= 11 is 0. The van der Waals surface area contributed by atoms with Gasteiger partial charge in [0.2, 0.25) is 5.79 Å². The minimum absolute atomic E-state index is 0.286. The van der Waals surface area contributed by atoms with Gasteiger partial charge in [-0.25, -0.2) is 4.79 Å². The molecule has 0 amide bonds. The van der Waals surface area contributed by atoms with Crippen LogP contribution in [0.25, 0.3) is 0 Å². The lowest BCUT2D eigenvalue weighted by molar-refractivity contribution is -0.279. The maximum Gasteiger partial charge on any atom is 0.333 e. The second-order valence-corrected chi connectivity index (χ2v) is 4.25. The molecule has 0 aliphatic carbocycles. The van der Waals surface area contributed by atoms with Gasteiger partial charge < -0.3 is 9.47 Å². The quantitative estimate of drug-likeness (QED) is 0.519. The first-order valence-corrected chi connectivity index (χ1v) is 5.60. The molecule has 0 aromatic carbocycles. The van der Waals surface area contributed by atoms with E-state index in [1.54, 1.807) is 13.0 Å². The van der Waals surface area contributed by atoms with Gasteiger partial charge in [-0.3, -0.25) is 0 Å². The average Bonchev–Trinajstić information content (AvgIpc) is 2.12. The highest BCUT2D eigenvalue weighted by Crippen LogP contribution is 2.27. The van der Waals surface area contributed by atoms with E-state index in [2.05, 4.69) is 6.92 Å². The molecule has 0 N–H and O–H groups in total. The Morgan fingerprint density at radius 2 is 2.27 bits per heavy atom. The first-order chi connectivity index (χ1) is 7.06. The highest BCUT2D eigenvalue weighted by molar-refractivity contribution is 5.83. The fourth-order valence-electron chi connectivity index (χ4n) is 1.44. The summed E-state index contributed by atoms with van der Waals surface area (Å²) in [6.45, 7) is 6.57. The molecular weight excluding hydrogens is 192 g/mol. The van der Waals surface area contributed by atoms with E-state index in [0.29, 0.717) is 6.61 Å². The first kappa shape index (κ1) is 12.2. The SMILES string of the molecule is CCCCC(C)=CC(=O)OC1(C)CCO1. The van der Waals surface area contributed by atoms with Gasteiger partial charge in [0.05, 0.1) is 6.61 Å². The number of allylic oxidation sites excluding steroid dienone is 1. The van der Waals surface area contributed by atoms with Crippen LogP contribution in [0.3, 0.4) is 0 Å². The Kier molecular flexibility index (Phi) is 4.33. The molecule has 0 aromatic heterocycles. The van der Waals surface area contributed by atoms with Crippen molar-refractivity contribution in [2.45, 2.75) is 52.2 Å². The predicted molar refractivity (Wildman–Crippen MR) is 58.3 cm³/mol. The maximum atomic E-state index is 11.4. The van der Waals surface area contributed by atoms with E-state index in [0.717, 1.165) is 31.3 Å². The summed E-state index contributed by atoms with van der Waals surface area (Å²) in [7, 11) is 0. The molecular formula is C12H20O3. The number of esters is 1. The molecule has 1 unspecified atom stereocenters. The van der Waals surface area contributed by atoms with Gasteiger partial charge in [-0.1, -0.05) is 18.9 Å². The van der Waals surface area contributed by atoms with E-state index < -0.39 is 5.79 Å². The zero-order chi connectivity index (χ0) is 11.3. The molecule has 1 aliphatic rings. The largest absolute Gasteiger partial charge is 0.430 e. The van der Waals surface area contributed by atoms with E-state index >= 15 is 0 Å². The second kappa shape index (κ2) is 5.31. The van der Waals surface area contributed by atoms with Crippen molar-refractivity contribution in [2.75, 3.05) is 6.61 Å². The number of hydrogen-bond acceptors (Lipinski definition) is 3. The van der Waals surface area contributed by atoms with E-state index in [4.69, 9.17) is 9.47 Å². The summed E-state index contributed by atoms with van der Waals surface area (Å²) in [5.41, 5.74) is 1.07. The molecule has 15 heavy (non-hydrogen) atoms. The van der Waals surface area contributed by atoms with Crippen LogP contribution in [0, 0.1) is 0 Å². The fraction of sp³-hybridized carbons (Fsp3) is 0.750. The molecule has 3 heteroatoms. The predicted octanol–water partition coefficient (Wildman–Crippen LogP) is 2.80. The zero-order valence-corrected chi connectivity index (χ0v) is 9.84. The van der Waals surface area contributed by atoms with E-state index in [-0.39, 0.29) is 5.97 Å². The topological polar surface area (TPSA) is 35.5 Å². The van der Waals surface area contributed by atoms with Crippen LogP contribution in [0.1, 0.15) is 46.5 Å². The number of carbonyl (C=O) groups excluding carboxylic acids is 1. The number of carbonyl (C=O) groups is 1. The molecule has 0 aromatic rings. The van der Waals surface area contributed by atoms with Gasteiger partial charge in [-0.2, -0.15) is 0 Å². The molecule has 0 radical (unpaired) electrons. The third-order valence-corrected chi connectivity index (χ3v) is 2.57. The van der Waals surface area contributed by atoms with Gasteiger partial charge in [-0.05, 0) is 19.8 Å². The maximum absolute atomic E-state index is 11.4. The summed E-state index contributed by atoms with van der Waals surface area (Å²) in [5.74, 6) is -0.954. The van der Waals surface area contributed by atoms with Gasteiger partial charge in [0.25, 0.3) is 0 Å². The first-order valence-electron chi connectivity index (χ1n) is 5.60. The van der Waals surface area contributed by atoms with Crippen molar-refractivity contribution < 1.29 is 14.3 Å². The molecule has 86 valence electrons. The molecule has 1 aliphatic heterocycles. The van der Waals surface area contributed by atoms with Crippen molar-refractivity contribution in [3.05, 3.63) is 11.6 Å². The number of unbranched alkanes of at least 4 members (excludes halogenated alkanes) is 1. The molecule has 0 spiro atoms. The second-order valence-electron chi connectivity index (χ2n) is 4.25. The van der Waals surface area contributed by atoms with Crippen molar-refractivity contribution >= 4 is 5.97 Å². The summed E-state index contributed by atoms with van der Waals surface area (Å²) < 4.78 is 10.4.